The molecule has 1 unspecified atom stereocenters. The number of rotatable bonds is 7. The number of amides is 1. The molecule has 0 aliphatic carbocycles. The Kier molecular flexibility index (Phi) is 6.51. The molecule has 3 N–H and O–H groups in total. The van der Waals surface area contributed by atoms with Crippen molar-refractivity contribution >= 4 is 15.7 Å². The molecule has 15 heavy (non-hydrogen) atoms. The highest BCUT2D eigenvalue weighted by molar-refractivity contribution is 7.91. The number of nitrogens with one attached hydrogen (secondary N) is 1. The summed E-state index contributed by atoms with van der Waals surface area (Å²) in [6.07, 6.45) is 2.82. The van der Waals surface area contributed by atoms with Gasteiger partial charge in [-0.05, 0) is 18.9 Å². The first-order valence-electron chi connectivity index (χ1n) is 5.03. The lowest BCUT2D eigenvalue weighted by atomic mass is 10.0. The molecule has 0 aliphatic rings. The fourth-order valence-corrected chi connectivity index (χ4v) is 1.81. The van der Waals surface area contributed by atoms with Crippen LogP contribution in [0.25, 0.3) is 0 Å². The Morgan fingerprint density at radius 2 is 2.07 bits per heavy atom. The molecule has 0 saturated heterocycles. The summed E-state index contributed by atoms with van der Waals surface area (Å²) in [5.41, 5.74) is 5.40. The lowest BCUT2D eigenvalue weighted by Crippen LogP contribution is -2.34. The van der Waals surface area contributed by atoms with Crippen molar-refractivity contribution in [1.82, 2.24) is 5.32 Å². The van der Waals surface area contributed by atoms with Crippen LogP contribution in [0.15, 0.2) is 0 Å². The molecule has 0 saturated carbocycles. The predicted octanol–water partition coefficient (Wildman–Crippen LogP) is -0.478. The van der Waals surface area contributed by atoms with Gasteiger partial charge in [0, 0.05) is 12.8 Å². The van der Waals surface area contributed by atoms with E-state index in [1.807, 2.05) is 6.92 Å². The molecule has 0 aliphatic heterocycles. The summed E-state index contributed by atoms with van der Waals surface area (Å²) in [5, 5.41) is 2.60. The minimum Gasteiger partial charge on any atom is -0.355 e. The van der Waals surface area contributed by atoms with Crippen molar-refractivity contribution in [3.63, 3.8) is 0 Å². The number of carbonyl (C=O) groups is 1. The lowest BCUT2D eigenvalue weighted by molar-refractivity contribution is -0.118. The van der Waals surface area contributed by atoms with Gasteiger partial charge in [-0.15, -0.1) is 0 Å². The van der Waals surface area contributed by atoms with E-state index >= 15 is 0 Å². The number of hydrogen-bond donors (Lipinski definition) is 2. The van der Waals surface area contributed by atoms with Crippen molar-refractivity contribution in [2.45, 2.75) is 19.8 Å². The molecule has 0 rings (SSSR count). The summed E-state index contributed by atoms with van der Waals surface area (Å²) in [7, 11) is -3.23. The highest BCUT2D eigenvalue weighted by Gasteiger charge is 2.12. The molecule has 5 nitrogen and oxygen atoms in total. The third kappa shape index (κ3) is 8.38. The van der Waals surface area contributed by atoms with Crippen LogP contribution in [0.4, 0.5) is 0 Å². The largest absolute Gasteiger partial charge is 0.355 e. The summed E-state index contributed by atoms with van der Waals surface area (Å²) < 4.78 is 21.6. The van der Waals surface area contributed by atoms with Gasteiger partial charge in [0.05, 0.1) is 0 Å². The monoisotopic (exact) mass is 236 g/mol. The zero-order valence-electron chi connectivity index (χ0n) is 9.32. The highest BCUT2D eigenvalue weighted by Crippen LogP contribution is 2.04. The van der Waals surface area contributed by atoms with E-state index in [4.69, 9.17) is 5.73 Å². The van der Waals surface area contributed by atoms with Gasteiger partial charge in [0.2, 0.25) is 5.91 Å². The van der Waals surface area contributed by atoms with Crippen LogP contribution in [0.3, 0.4) is 0 Å². The summed E-state index contributed by atoms with van der Waals surface area (Å²) in [6.45, 7) is 3.10. The van der Waals surface area contributed by atoms with Crippen molar-refractivity contribution in [2.24, 2.45) is 11.7 Å². The maximum Gasteiger partial charge on any atom is 0.235 e. The van der Waals surface area contributed by atoms with E-state index in [1.54, 1.807) is 0 Å². The van der Waals surface area contributed by atoms with Gasteiger partial charge in [-0.25, -0.2) is 8.42 Å². The van der Waals surface area contributed by atoms with Gasteiger partial charge in [0.15, 0.2) is 9.84 Å². The van der Waals surface area contributed by atoms with E-state index in [0.29, 0.717) is 19.0 Å². The number of carbonyl (C=O) groups excluding carboxylic acids is 1. The van der Waals surface area contributed by atoms with Crippen LogP contribution in [-0.4, -0.2) is 39.4 Å². The first kappa shape index (κ1) is 14.4. The van der Waals surface area contributed by atoms with Crippen LogP contribution in [0.5, 0.6) is 0 Å². The van der Waals surface area contributed by atoms with Crippen LogP contribution < -0.4 is 11.1 Å². The predicted molar refractivity (Wildman–Crippen MR) is 60.2 cm³/mol. The molecule has 0 aromatic rings. The van der Waals surface area contributed by atoms with Crippen molar-refractivity contribution in [3.05, 3.63) is 0 Å². The molecule has 0 aromatic heterocycles. The molecule has 0 radical (unpaired) electrons. The van der Waals surface area contributed by atoms with Gasteiger partial charge in [-0.2, -0.15) is 0 Å². The first-order valence-corrected chi connectivity index (χ1v) is 7.09. The van der Waals surface area contributed by atoms with Gasteiger partial charge in [0.1, 0.15) is 5.75 Å². The fraction of sp³-hybridized carbons (Fsp3) is 0.889. The zero-order valence-corrected chi connectivity index (χ0v) is 10.1. The van der Waals surface area contributed by atoms with E-state index in [-0.39, 0.29) is 0 Å². The quantitative estimate of drug-likeness (QED) is 0.625. The summed E-state index contributed by atoms with van der Waals surface area (Å²) in [4.78, 5) is 11.2. The smallest absolute Gasteiger partial charge is 0.235 e. The van der Waals surface area contributed by atoms with Crippen LogP contribution in [0.2, 0.25) is 0 Å². The minimum atomic E-state index is -3.23. The van der Waals surface area contributed by atoms with Gasteiger partial charge < -0.3 is 11.1 Å². The summed E-state index contributed by atoms with van der Waals surface area (Å²) in [6, 6.07) is 0. The molecule has 0 aromatic carbocycles. The third-order valence-corrected chi connectivity index (χ3v) is 2.92. The molecule has 1 atom stereocenters. The van der Waals surface area contributed by atoms with E-state index in [0.717, 1.165) is 19.1 Å². The lowest BCUT2D eigenvalue weighted by Gasteiger charge is -2.14. The van der Waals surface area contributed by atoms with Gasteiger partial charge in [0.25, 0.3) is 0 Å². The Morgan fingerprint density at radius 1 is 1.47 bits per heavy atom. The van der Waals surface area contributed by atoms with Gasteiger partial charge in [-0.3, -0.25) is 4.79 Å². The second kappa shape index (κ2) is 6.79. The molecule has 0 bridgehead atoms. The molecular weight excluding hydrogens is 216 g/mol. The fourth-order valence-electron chi connectivity index (χ4n) is 1.23. The maximum absolute atomic E-state index is 11.2. The molecule has 0 spiro atoms. The standard InChI is InChI=1S/C9H20N2O3S/c1-3-8(4-5-10)6-11-9(12)7-15(2,13)14/h8H,3-7,10H2,1-2H3,(H,11,12). The van der Waals surface area contributed by atoms with Gasteiger partial charge >= 0.3 is 0 Å². The van der Waals surface area contributed by atoms with Crippen molar-refractivity contribution in [2.75, 3.05) is 25.1 Å². The molecule has 6 heteroatoms. The Labute approximate surface area is 91.3 Å². The van der Waals surface area contributed by atoms with Gasteiger partial charge in [-0.1, -0.05) is 13.3 Å². The Hall–Kier alpha value is -0.620. The third-order valence-electron chi connectivity index (χ3n) is 2.13. The van der Waals surface area contributed by atoms with Crippen molar-refractivity contribution in [3.8, 4) is 0 Å². The average molecular weight is 236 g/mol. The zero-order chi connectivity index (χ0) is 11.9. The molecule has 90 valence electrons. The first-order chi connectivity index (χ1) is 6.89. The summed E-state index contributed by atoms with van der Waals surface area (Å²) >= 11 is 0. The number of sulfone groups is 1. The van der Waals surface area contributed by atoms with Crippen LogP contribution in [0, 0.1) is 5.92 Å². The second-order valence-electron chi connectivity index (χ2n) is 3.73. The molecule has 0 fully saturated rings. The SMILES string of the molecule is CCC(CCN)CNC(=O)CS(C)(=O)=O. The van der Waals surface area contributed by atoms with E-state index in [2.05, 4.69) is 5.32 Å². The number of hydrogen-bond acceptors (Lipinski definition) is 4. The normalized spacial score (nSPS) is 13.5. The Balaban J connectivity index is 3.88. The Bertz CT molecular complexity index is 288. The minimum absolute atomic E-state index is 0.332. The van der Waals surface area contributed by atoms with Crippen LogP contribution in [0.1, 0.15) is 19.8 Å². The van der Waals surface area contributed by atoms with Crippen molar-refractivity contribution < 1.29 is 13.2 Å². The topological polar surface area (TPSA) is 89.3 Å². The Morgan fingerprint density at radius 3 is 2.47 bits per heavy atom. The van der Waals surface area contributed by atoms with Crippen molar-refractivity contribution in [1.29, 1.82) is 0 Å². The molecule has 0 heterocycles. The average Bonchev–Trinajstić information content (AvgIpc) is 2.09. The maximum atomic E-state index is 11.2. The van der Waals surface area contributed by atoms with Crippen LogP contribution in [-0.2, 0) is 14.6 Å². The van der Waals surface area contributed by atoms with E-state index < -0.39 is 21.5 Å². The van der Waals surface area contributed by atoms with E-state index in [1.165, 1.54) is 0 Å². The second-order valence-corrected chi connectivity index (χ2v) is 5.87. The number of nitrogens with two attached hydrogens (primary N) is 1. The summed E-state index contributed by atoms with van der Waals surface area (Å²) in [5.74, 6) is -0.544. The molecular formula is C9H20N2O3S. The molecule has 1 amide bonds. The van der Waals surface area contributed by atoms with E-state index in [9.17, 15) is 13.2 Å². The highest BCUT2D eigenvalue weighted by atomic mass is 32.2. The van der Waals surface area contributed by atoms with Crippen LogP contribution >= 0.6 is 0 Å².